The largest absolute Gasteiger partial charge is 0.493 e. The number of methoxy groups -OCH3 is 2. The van der Waals surface area contributed by atoms with E-state index in [0.717, 1.165) is 0 Å². The molecule has 0 spiro atoms. The van der Waals surface area contributed by atoms with Crippen LogP contribution in [-0.4, -0.2) is 38.1 Å². The van der Waals surface area contributed by atoms with Crippen molar-refractivity contribution in [1.29, 1.82) is 0 Å². The normalized spacial score (nSPS) is 12.1. The lowest BCUT2D eigenvalue weighted by atomic mass is 10.1. The number of benzene rings is 2. The molecule has 10 nitrogen and oxygen atoms in total. The topological polar surface area (TPSA) is 122 Å². The smallest absolute Gasteiger partial charge is 0.282 e. The zero-order valence-electron chi connectivity index (χ0n) is 14.4. The third-order valence-corrected chi connectivity index (χ3v) is 3.73. The number of nitro groups is 1. The van der Waals surface area contributed by atoms with Gasteiger partial charge in [0.2, 0.25) is 6.79 Å². The Balaban J connectivity index is 1.78. The highest BCUT2D eigenvalue weighted by molar-refractivity contribution is 5.96. The van der Waals surface area contributed by atoms with E-state index in [1.165, 1.54) is 44.7 Å². The van der Waals surface area contributed by atoms with E-state index in [-0.39, 0.29) is 29.4 Å². The van der Waals surface area contributed by atoms with Crippen molar-refractivity contribution in [3.8, 4) is 23.0 Å². The van der Waals surface area contributed by atoms with Crippen LogP contribution in [0, 0.1) is 10.1 Å². The number of fused-ring (bicyclic) bond motifs is 1. The zero-order valence-corrected chi connectivity index (χ0v) is 14.4. The number of ether oxygens (including phenoxy) is 4. The van der Waals surface area contributed by atoms with Gasteiger partial charge in [0.25, 0.3) is 11.6 Å². The molecule has 0 radical (unpaired) electrons. The molecule has 1 N–H and O–H groups in total. The van der Waals surface area contributed by atoms with Crippen LogP contribution in [0.15, 0.2) is 35.4 Å². The Morgan fingerprint density at radius 3 is 2.56 bits per heavy atom. The first-order valence-corrected chi connectivity index (χ1v) is 7.67. The first-order valence-electron chi connectivity index (χ1n) is 7.67. The number of hydrogen-bond donors (Lipinski definition) is 1. The minimum absolute atomic E-state index is 0.0108. The highest BCUT2D eigenvalue weighted by atomic mass is 16.7. The fourth-order valence-electron chi connectivity index (χ4n) is 2.41. The van der Waals surface area contributed by atoms with Crippen LogP contribution in [0.1, 0.15) is 15.9 Å². The maximum Gasteiger partial charge on any atom is 0.282 e. The summed E-state index contributed by atoms with van der Waals surface area (Å²) >= 11 is 0. The molecule has 1 aliphatic rings. The van der Waals surface area contributed by atoms with Gasteiger partial charge in [-0.3, -0.25) is 14.9 Å². The molecule has 10 heteroatoms. The van der Waals surface area contributed by atoms with Gasteiger partial charge in [0.05, 0.1) is 37.0 Å². The van der Waals surface area contributed by atoms with Crippen LogP contribution in [0.25, 0.3) is 0 Å². The van der Waals surface area contributed by atoms with Gasteiger partial charge in [-0.15, -0.1) is 0 Å². The Kier molecular flexibility index (Phi) is 5.06. The van der Waals surface area contributed by atoms with Gasteiger partial charge in [-0.25, -0.2) is 5.43 Å². The lowest BCUT2D eigenvalue weighted by Crippen LogP contribution is -2.17. The summed E-state index contributed by atoms with van der Waals surface area (Å²) in [5.41, 5.74) is 2.54. The highest BCUT2D eigenvalue weighted by Crippen LogP contribution is 2.37. The van der Waals surface area contributed by atoms with Crippen molar-refractivity contribution in [1.82, 2.24) is 5.43 Å². The van der Waals surface area contributed by atoms with Crippen molar-refractivity contribution in [3.63, 3.8) is 0 Å². The Morgan fingerprint density at radius 1 is 1.19 bits per heavy atom. The van der Waals surface area contributed by atoms with Gasteiger partial charge in [-0.2, -0.15) is 5.10 Å². The average Bonchev–Trinajstić information content (AvgIpc) is 3.13. The van der Waals surface area contributed by atoms with E-state index in [9.17, 15) is 14.9 Å². The standard InChI is InChI=1S/C17H15N3O7/c1-24-13-4-3-10(5-14(13)25-2)17(21)19-18-8-11-6-15-16(27-9-26-15)7-12(11)20(22)23/h3-8H,9H2,1-2H3,(H,19,21). The molecule has 0 aromatic heterocycles. The van der Waals surface area contributed by atoms with Crippen LogP contribution in [0.4, 0.5) is 5.69 Å². The summed E-state index contributed by atoms with van der Waals surface area (Å²) in [4.78, 5) is 22.8. The van der Waals surface area contributed by atoms with E-state index in [1.807, 2.05) is 0 Å². The van der Waals surface area contributed by atoms with Crippen molar-refractivity contribution < 1.29 is 28.7 Å². The Bertz CT molecular complexity index is 927. The van der Waals surface area contributed by atoms with Gasteiger partial charge < -0.3 is 18.9 Å². The number of hydrogen-bond acceptors (Lipinski definition) is 8. The molecule has 0 bridgehead atoms. The van der Waals surface area contributed by atoms with Crippen LogP contribution in [-0.2, 0) is 0 Å². The molecule has 3 rings (SSSR count). The minimum atomic E-state index is -0.570. The van der Waals surface area contributed by atoms with Gasteiger partial charge in [0.15, 0.2) is 23.0 Å². The van der Waals surface area contributed by atoms with Crippen LogP contribution >= 0.6 is 0 Å². The van der Waals surface area contributed by atoms with Crippen molar-refractivity contribution >= 4 is 17.8 Å². The summed E-state index contributed by atoms with van der Waals surface area (Å²) in [6.45, 7) is -0.0108. The SMILES string of the molecule is COc1ccc(C(=O)NN=Cc2cc3c(cc2[N+](=O)[O-])OCO3)cc1OC. The maximum absolute atomic E-state index is 12.2. The second-order valence-electron chi connectivity index (χ2n) is 5.29. The minimum Gasteiger partial charge on any atom is -0.493 e. The van der Waals surface area contributed by atoms with Crippen LogP contribution in [0.5, 0.6) is 23.0 Å². The van der Waals surface area contributed by atoms with E-state index < -0.39 is 10.8 Å². The molecule has 0 aliphatic carbocycles. The molecule has 0 saturated carbocycles. The molecule has 140 valence electrons. The molecule has 2 aromatic carbocycles. The van der Waals surface area contributed by atoms with E-state index in [0.29, 0.717) is 17.2 Å². The summed E-state index contributed by atoms with van der Waals surface area (Å²) in [5, 5.41) is 15.0. The predicted octanol–water partition coefficient (Wildman–Crippen LogP) is 2.10. The van der Waals surface area contributed by atoms with Crippen molar-refractivity contribution in [2.24, 2.45) is 5.10 Å². The molecule has 0 saturated heterocycles. The summed E-state index contributed by atoms with van der Waals surface area (Å²) < 4.78 is 20.6. The number of carbonyl (C=O) groups excluding carboxylic acids is 1. The molecule has 1 aliphatic heterocycles. The third kappa shape index (κ3) is 3.73. The van der Waals surface area contributed by atoms with E-state index >= 15 is 0 Å². The molecule has 0 unspecified atom stereocenters. The van der Waals surface area contributed by atoms with Gasteiger partial charge in [-0.05, 0) is 24.3 Å². The lowest BCUT2D eigenvalue weighted by Gasteiger charge is -2.08. The number of carbonyl (C=O) groups is 1. The second-order valence-corrected chi connectivity index (χ2v) is 5.29. The van der Waals surface area contributed by atoms with Gasteiger partial charge >= 0.3 is 0 Å². The predicted molar refractivity (Wildman–Crippen MR) is 93.8 cm³/mol. The second kappa shape index (κ2) is 7.60. The van der Waals surface area contributed by atoms with Crippen LogP contribution < -0.4 is 24.4 Å². The van der Waals surface area contributed by atoms with Gasteiger partial charge in [0, 0.05) is 5.56 Å². The number of rotatable bonds is 6. The molecule has 1 heterocycles. The number of hydrazone groups is 1. The molecular weight excluding hydrogens is 358 g/mol. The average molecular weight is 373 g/mol. The Hall–Kier alpha value is -3.82. The van der Waals surface area contributed by atoms with E-state index in [2.05, 4.69) is 10.5 Å². The molecule has 1 amide bonds. The maximum atomic E-state index is 12.2. The molecular formula is C17H15N3O7. The van der Waals surface area contributed by atoms with Crippen molar-refractivity contribution in [2.45, 2.75) is 0 Å². The zero-order chi connectivity index (χ0) is 19.4. The summed E-state index contributed by atoms with van der Waals surface area (Å²) in [5.74, 6) is 1.01. The monoisotopic (exact) mass is 373 g/mol. The number of nitrogens with one attached hydrogen (secondary N) is 1. The first kappa shape index (κ1) is 18.0. The number of nitro benzene ring substituents is 1. The molecule has 27 heavy (non-hydrogen) atoms. The summed E-state index contributed by atoms with van der Waals surface area (Å²) in [7, 11) is 2.94. The Morgan fingerprint density at radius 2 is 1.89 bits per heavy atom. The van der Waals surface area contributed by atoms with E-state index in [1.54, 1.807) is 6.07 Å². The number of nitrogens with zero attached hydrogens (tertiary/aromatic N) is 2. The third-order valence-electron chi connectivity index (χ3n) is 3.73. The fraction of sp³-hybridized carbons (Fsp3) is 0.176. The van der Waals surface area contributed by atoms with Gasteiger partial charge in [0.1, 0.15) is 0 Å². The summed E-state index contributed by atoms with van der Waals surface area (Å²) in [6.07, 6.45) is 1.17. The van der Waals surface area contributed by atoms with Gasteiger partial charge in [-0.1, -0.05) is 0 Å². The summed E-state index contributed by atoms with van der Waals surface area (Å²) in [6, 6.07) is 7.29. The molecule has 2 aromatic rings. The van der Waals surface area contributed by atoms with E-state index in [4.69, 9.17) is 18.9 Å². The Labute approximate surface area is 153 Å². The van der Waals surface area contributed by atoms with Crippen LogP contribution in [0.3, 0.4) is 0 Å². The highest BCUT2D eigenvalue weighted by Gasteiger charge is 2.22. The lowest BCUT2D eigenvalue weighted by molar-refractivity contribution is -0.385. The molecule has 0 fully saturated rings. The fourth-order valence-corrected chi connectivity index (χ4v) is 2.41. The molecule has 0 atom stereocenters. The van der Waals surface area contributed by atoms with Crippen molar-refractivity contribution in [2.75, 3.05) is 21.0 Å². The quantitative estimate of drug-likeness (QED) is 0.467. The van der Waals surface area contributed by atoms with Crippen molar-refractivity contribution in [3.05, 3.63) is 51.6 Å². The first-order chi connectivity index (χ1) is 13.0. The van der Waals surface area contributed by atoms with Crippen LogP contribution in [0.2, 0.25) is 0 Å². The number of amides is 1.